The monoisotopic (exact) mass is 291 g/mol. The molecule has 1 saturated heterocycles. The number of carboxylic acids is 1. The Balaban J connectivity index is 1.88. The molecule has 3 N–H and O–H groups in total. The number of Topliss-reactive ketones (excluding diaryl/α,β-unsaturated/α-hetero) is 1. The van der Waals surface area contributed by atoms with E-state index in [1.54, 1.807) is 12.1 Å². The summed E-state index contributed by atoms with van der Waals surface area (Å²) < 4.78 is 0. The zero-order chi connectivity index (χ0) is 15.2. The minimum atomic E-state index is -1.10. The predicted octanol–water partition coefficient (Wildman–Crippen LogP) is 1.06. The quantitative estimate of drug-likeness (QED) is 0.770. The number of ketones is 1. The van der Waals surface area contributed by atoms with Crippen molar-refractivity contribution in [2.24, 2.45) is 0 Å². The van der Waals surface area contributed by atoms with Gasteiger partial charge >= 0.3 is 12.0 Å². The summed E-state index contributed by atoms with van der Waals surface area (Å²) in [6.45, 7) is 1.00. The fraction of sp³-hybridized carbons (Fsp3) is 0.357. The zero-order valence-corrected chi connectivity index (χ0v) is 11.5. The number of piperidine rings is 1. The number of carbonyl (C=O) groups excluding carboxylic acids is 2. The highest BCUT2D eigenvalue weighted by Gasteiger charge is 2.16. The van der Waals surface area contributed by atoms with Crippen LogP contribution in [0.5, 0.6) is 0 Å². The third-order valence-electron chi connectivity index (χ3n) is 3.21. The van der Waals surface area contributed by atoms with Crippen LogP contribution in [0.25, 0.3) is 0 Å². The van der Waals surface area contributed by atoms with Gasteiger partial charge in [-0.25, -0.2) is 4.79 Å². The van der Waals surface area contributed by atoms with E-state index in [1.807, 2.05) is 12.1 Å². The van der Waals surface area contributed by atoms with Crippen molar-refractivity contribution in [1.29, 1.82) is 0 Å². The van der Waals surface area contributed by atoms with Crippen LogP contribution in [0.3, 0.4) is 0 Å². The van der Waals surface area contributed by atoms with Crippen LogP contribution in [-0.4, -0.2) is 42.5 Å². The van der Waals surface area contributed by atoms with Crippen molar-refractivity contribution < 1.29 is 19.5 Å². The number of hydrogen-bond acceptors (Lipinski definition) is 4. The molecule has 1 aromatic rings. The van der Waals surface area contributed by atoms with E-state index in [2.05, 4.69) is 15.5 Å². The van der Waals surface area contributed by atoms with E-state index in [9.17, 15) is 14.4 Å². The van der Waals surface area contributed by atoms with Crippen molar-refractivity contribution in [1.82, 2.24) is 5.32 Å². The second-order valence-corrected chi connectivity index (χ2v) is 4.77. The molecule has 1 aromatic carbocycles. The lowest BCUT2D eigenvalue weighted by molar-refractivity contribution is -0.135. The highest BCUT2D eigenvalue weighted by Crippen LogP contribution is 2.20. The number of anilines is 2. The fourth-order valence-corrected chi connectivity index (χ4v) is 2.10. The molecule has 1 fully saturated rings. The largest absolute Gasteiger partial charge is 0.480 e. The summed E-state index contributed by atoms with van der Waals surface area (Å²) >= 11 is 0. The molecule has 0 unspecified atom stereocenters. The van der Waals surface area contributed by atoms with Gasteiger partial charge < -0.3 is 20.6 Å². The Morgan fingerprint density at radius 3 is 2.33 bits per heavy atom. The first-order valence-corrected chi connectivity index (χ1v) is 6.68. The average Bonchev–Trinajstić information content (AvgIpc) is 2.47. The van der Waals surface area contributed by atoms with Crippen molar-refractivity contribution >= 4 is 29.2 Å². The van der Waals surface area contributed by atoms with Crippen LogP contribution in [0.1, 0.15) is 12.8 Å². The molecule has 1 aliphatic rings. The number of urea groups is 1. The standard InChI is InChI=1S/C14H17N3O4/c18-12-5-7-17(8-6-12)11-3-1-10(2-4-11)16-14(21)15-9-13(19)20/h1-4H,5-9H2,(H,19,20)(H2,15,16,21). The van der Waals surface area contributed by atoms with Gasteiger partial charge in [0.05, 0.1) is 0 Å². The van der Waals surface area contributed by atoms with E-state index >= 15 is 0 Å². The molecule has 0 aliphatic carbocycles. The molecule has 7 heteroatoms. The van der Waals surface area contributed by atoms with E-state index in [1.165, 1.54) is 0 Å². The Labute approximate surface area is 121 Å². The lowest BCUT2D eigenvalue weighted by Gasteiger charge is -2.28. The van der Waals surface area contributed by atoms with E-state index in [0.29, 0.717) is 37.4 Å². The summed E-state index contributed by atoms with van der Waals surface area (Å²) in [5.41, 5.74) is 1.58. The predicted molar refractivity (Wildman–Crippen MR) is 77.6 cm³/mol. The second-order valence-electron chi connectivity index (χ2n) is 4.77. The number of rotatable bonds is 4. The topological polar surface area (TPSA) is 98.7 Å². The normalized spacial score (nSPS) is 14.7. The minimum absolute atomic E-state index is 0.291. The number of benzene rings is 1. The molecule has 1 aliphatic heterocycles. The third kappa shape index (κ3) is 4.48. The Morgan fingerprint density at radius 1 is 1.14 bits per heavy atom. The Morgan fingerprint density at radius 2 is 1.76 bits per heavy atom. The lowest BCUT2D eigenvalue weighted by Crippen LogP contribution is -2.34. The van der Waals surface area contributed by atoms with Crippen LogP contribution in [0.4, 0.5) is 16.2 Å². The first kappa shape index (κ1) is 14.8. The molecule has 0 atom stereocenters. The van der Waals surface area contributed by atoms with Gasteiger partial charge in [0.25, 0.3) is 0 Å². The van der Waals surface area contributed by atoms with Crippen LogP contribution in [0, 0.1) is 0 Å². The molecule has 0 bridgehead atoms. The molecule has 7 nitrogen and oxygen atoms in total. The summed E-state index contributed by atoms with van der Waals surface area (Å²) in [7, 11) is 0. The van der Waals surface area contributed by atoms with Crippen LogP contribution < -0.4 is 15.5 Å². The summed E-state index contributed by atoms with van der Waals surface area (Å²) in [4.78, 5) is 35.1. The number of hydrogen-bond donors (Lipinski definition) is 3. The molecular formula is C14H17N3O4. The van der Waals surface area contributed by atoms with Gasteiger partial charge in [-0.3, -0.25) is 9.59 Å². The molecule has 2 rings (SSSR count). The van der Waals surface area contributed by atoms with Crippen LogP contribution in [-0.2, 0) is 9.59 Å². The van der Waals surface area contributed by atoms with Crippen molar-refractivity contribution in [3.05, 3.63) is 24.3 Å². The van der Waals surface area contributed by atoms with Gasteiger partial charge in [0.1, 0.15) is 12.3 Å². The smallest absolute Gasteiger partial charge is 0.323 e. The highest BCUT2D eigenvalue weighted by atomic mass is 16.4. The summed E-state index contributed by atoms with van der Waals surface area (Å²) in [6.07, 6.45) is 1.13. The van der Waals surface area contributed by atoms with Gasteiger partial charge in [0.2, 0.25) is 0 Å². The molecular weight excluding hydrogens is 274 g/mol. The Kier molecular flexibility index (Phi) is 4.76. The maximum atomic E-state index is 11.4. The van der Waals surface area contributed by atoms with Crippen LogP contribution >= 0.6 is 0 Å². The van der Waals surface area contributed by atoms with Crippen LogP contribution in [0.15, 0.2) is 24.3 Å². The lowest BCUT2D eigenvalue weighted by atomic mass is 10.1. The maximum absolute atomic E-state index is 11.4. The average molecular weight is 291 g/mol. The molecule has 0 aromatic heterocycles. The number of nitrogens with one attached hydrogen (secondary N) is 2. The van der Waals surface area contributed by atoms with E-state index in [-0.39, 0.29) is 0 Å². The van der Waals surface area contributed by atoms with Gasteiger partial charge in [0.15, 0.2) is 0 Å². The molecule has 2 amide bonds. The summed E-state index contributed by atoms with van der Waals surface area (Å²) in [5.74, 6) is -0.806. The number of nitrogens with zero attached hydrogens (tertiary/aromatic N) is 1. The van der Waals surface area contributed by atoms with Crippen molar-refractivity contribution in [3.63, 3.8) is 0 Å². The highest BCUT2D eigenvalue weighted by molar-refractivity contribution is 5.91. The van der Waals surface area contributed by atoms with Crippen molar-refractivity contribution in [2.45, 2.75) is 12.8 Å². The van der Waals surface area contributed by atoms with Crippen LogP contribution in [0.2, 0.25) is 0 Å². The first-order chi connectivity index (χ1) is 10.0. The van der Waals surface area contributed by atoms with Gasteiger partial charge in [-0.15, -0.1) is 0 Å². The SMILES string of the molecule is O=C(O)CNC(=O)Nc1ccc(N2CCC(=O)CC2)cc1. The molecule has 0 radical (unpaired) electrons. The Bertz CT molecular complexity index is 532. The summed E-state index contributed by atoms with van der Waals surface area (Å²) in [6, 6.07) is 6.65. The van der Waals surface area contributed by atoms with E-state index < -0.39 is 18.5 Å². The minimum Gasteiger partial charge on any atom is -0.480 e. The number of carbonyl (C=O) groups is 3. The molecule has 112 valence electrons. The maximum Gasteiger partial charge on any atom is 0.323 e. The van der Waals surface area contributed by atoms with Gasteiger partial charge in [-0.1, -0.05) is 0 Å². The van der Waals surface area contributed by atoms with E-state index in [4.69, 9.17) is 5.11 Å². The van der Waals surface area contributed by atoms with Crippen molar-refractivity contribution in [3.8, 4) is 0 Å². The Hall–Kier alpha value is -2.57. The number of aliphatic carboxylic acids is 1. The summed E-state index contributed by atoms with van der Waals surface area (Å²) in [5, 5.41) is 13.2. The fourth-order valence-electron chi connectivity index (χ4n) is 2.10. The molecule has 0 saturated carbocycles. The number of amides is 2. The zero-order valence-electron chi connectivity index (χ0n) is 11.5. The molecule has 0 spiro atoms. The second kappa shape index (κ2) is 6.74. The van der Waals surface area contributed by atoms with Gasteiger partial charge in [-0.05, 0) is 24.3 Å². The third-order valence-corrected chi connectivity index (χ3v) is 3.21. The first-order valence-electron chi connectivity index (χ1n) is 6.68. The van der Waals surface area contributed by atoms with Gasteiger partial charge in [0, 0.05) is 37.3 Å². The van der Waals surface area contributed by atoms with Gasteiger partial charge in [-0.2, -0.15) is 0 Å². The molecule has 21 heavy (non-hydrogen) atoms. The number of carboxylic acid groups (broad SMARTS) is 1. The molecule has 1 heterocycles. The van der Waals surface area contributed by atoms with E-state index in [0.717, 1.165) is 5.69 Å². The van der Waals surface area contributed by atoms with Crippen molar-refractivity contribution in [2.75, 3.05) is 29.9 Å².